The van der Waals surface area contributed by atoms with E-state index in [0.717, 1.165) is 34.1 Å². The molecule has 0 saturated heterocycles. The Balaban J connectivity index is 1.48. The van der Waals surface area contributed by atoms with Crippen molar-refractivity contribution >= 4 is 32.4 Å². The monoisotopic (exact) mass is 299 g/mol. The van der Waals surface area contributed by atoms with Crippen molar-refractivity contribution in [3.8, 4) is 0 Å². The average Bonchev–Trinajstić information content (AvgIpc) is 2.77. The summed E-state index contributed by atoms with van der Waals surface area (Å²) in [6.07, 6.45) is 8.52. The number of nitrogens with two attached hydrogens (primary N) is 1. The lowest BCUT2D eigenvalue weighted by atomic mass is 9.53. The first-order chi connectivity index (χ1) is 10.2. The van der Waals surface area contributed by atoms with E-state index >= 15 is 0 Å². The fourth-order valence-electron chi connectivity index (χ4n) is 5.49. The van der Waals surface area contributed by atoms with Crippen LogP contribution in [0.4, 0.5) is 10.8 Å². The molecule has 3 N–H and O–H groups in total. The van der Waals surface area contributed by atoms with Gasteiger partial charge < -0.3 is 11.1 Å². The van der Waals surface area contributed by atoms with Gasteiger partial charge in [-0.05, 0) is 74.5 Å². The molecule has 1 aromatic carbocycles. The summed E-state index contributed by atoms with van der Waals surface area (Å²) in [6, 6.07) is 6.01. The largest absolute Gasteiger partial charge is 0.399 e. The maximum Gasteiger partial charge on any atom is 0.184 e. The van der Waals surface area contributed by atoms with E-state index in [0.29, 0.717) is 5.54 Å². The maximum absolute atomic E-state index is 5.88. The molecule has 4 aliphatic rings. The summed E-state index contributed by atoms with van der Waals surface area (Å²) in [6.45, 7) is 0. The van der Waals surface area contributed by atoms with Crippen molar-refractivity contribution in [2.24, 2.45) is 17.8 Å². The second-order valence-electron chi connectivity index (χ2n) is 7.57. The van der Waals surface area contributed by atoms with Gasteiger partial charge in [-0.2, -0.15) is 0 Å². The normalized spacial score (nSPS) is 37.2. The van der Waals surface area contributed by atoms with Crippen LogP contribution in [0.2, 0.25) is 0 Å². The van der Waals surface area contributed by atoms with Crippen LogP contribution in [-0.4, -0.2) is 10.5 Å². The number of hydrogen-bond acceptors (Lipinski definition) is 4. The number of thiazole rings is 1. The van der Waals surface area contributed by atoms with Gasteiger partial charge in [0.1, 0.15) is 0 Å². The van der Waals surface area contributed by atoms with E-state index in [-0.39, 0.29) is 0 Å². The summed E-state index contributed by atoms with van der Waals surface area (Å²) in [5.74, 6) is 2.90. The van der Waals surface area contributed by atoms with Crippen molar-refractivity contribution in [2.75, 3.05) is 11.1 Å². The van der Waals surface area contributed by atoms with Gasteiger partial charge in [0.2, 0.25) is 0 Å². The maximum atomic E-state index is 5.88. The predicted octanol–water partition coefficient (Wildman–Crippen LogP) is 4.26. The lowest BCUT2D eigenvalue weighted by Gasteiger charge is -2.56. The van der Waals surface area contributed by atoms with Crippen LogP contribution < -0.4 is 11.1 Å². The fourth-order valence-corrected chi connectivity index (χ4v) is 6.52. The van der Waals surface area contributed by atoms with Gasteiger partial charge in [-0.15, -0.1) is 0 Å². The zero-order valence-electron chi connectivity index (χ0n) is 12.1. The van der Waals surface area contributed by atoms with Crippen LogP contribution in [0.25, 0.3) is 10.2 Å². The predicted molar refractivity (Wildman–Crippen MR) is 88.6 cm³/mol. The van der Waals surface area contributed by atoms with Crippen molar-refractivity contribution in [1.29, 1.82) is 0 Å². The minimum absolute atomic E-state index is 0.341. The summed E-state index contributed by atoms with van der Waals surface area (Å²) in [7, 11) is 0. The molecule has 1 aromatic heterocycles. The molecule has 3 nitrogen and oxygen atoms in total. The highest BCUT2D eigenvalue weighted by atomic mass is 32.1. The van der Waals surface area contributed by atoms with Gasteiger partial charge in [0.25, 0.3) is 0 Å². The van der Waals surface area contributed by atoms with Crippen molar-refractivity contribution in [1.82, 2.24) is 4.98 Å². The van der Waals surface area contributed by atoms with Crippen LogP contribution >= 0.6 is 11.3 Å². The molecule has 2 aromatic rings. The van der Waals surface area contributed by atoms with Gasteiger partial charge in [0.15, 0.2) is 5.13 Å². The summed E-state index contributed by atoms with van der Waals surface area (Å²) >= 11 is 1.76. The highest BCUT2D eigenvalue weighted by molar-refractivity contribution is 7.22. The van der Waals surface area contributed by atoms with Gasteiger partial charge in [-0.1, -0.05) is 11.3 Å². The van der Waals surface area contributed by atoms with E-state index in [2.05, 4.69) is 5.32 Å². The number of nitrogens with one attached hydrogen (secondary N) is 1. The van der Waals surface area contributed by atoms with E-state index in [1.54, 1.807) is 11.3 Å². The lowest BCUT2D eigenvalue weighted by molar-refractivity contribution is 0.0107. The molecule has 4 aliphatic carbocycles. The van der Waals surface area contributed by atoms with Gasteiger partial charge in [0.05, 0.1) is 10.2 Å². The van der Waals surface area contributed by atoms with Crippen LogP contribution in [0.5, 0.6) is 0 Å². The Labute approximate surface area is 128 Å². The molecule has 21 heavy (non-hydrogen) atoms. The number of fused-ring (bicyclic) bond motifs is 1. The molecule has 0 aliphatic heterocycles. The Morgan fingerprint density at radius 1 is 1.10 bits per heavy atom. The quantitative estimate of drug-likeness (QED) is 0.815. The first-order valence-electron chi connectivity index (χ1n) is 8.12. The standard InChI is InChI=1S/C17H21N3S/c18-13-1-2-14-15(6-13)21-16(19-14)20-17-7-10-3-11(8-17)5-12(4-10)9-17/h1-2,6,10-12H,3-5,7-9,18H2,(H,19,20). The first-order valence-corrected chi connectivity index (χ1v) is 8.93. The minimum atomic E-state index is 0.341. The number of anilines is 2. The van der Waals surface area contributed by atoms with Crippen LogP contribution in [0.1, 0.15) is 38.5 Å². The molecule has 4 fully saturated rings. The molecule has 4 saturated carbocycles. The Kier molecular flexibility index (Phi) is 2.41. The number of nitrogens with zero attached hydrogens (tertiary/aromatic N) is 1. The summed E-state index contributed by atoms with van der Waals surface area (Å²) in [4.78, 5) is 4.78. The van der Waals surface area contributed by atoms with Crippen molar-refractivity contribution < 1.29 is 0 Å². The Bertz CT molecular complexity index is 670. The van der Waals surface area contributed by atoms with Crippen LogP contribution in [0, 0.1) is 17.8 Å². The zero-order chi connectivity index (χ0) is 14.0. The molecular weight excluding hydrogens is 278 g/mol. The SMILES string of the molecule is Nc1ccc2nc(NC34CC5CC(CC(C5)C3)C4)sc2c1. The summed E-state index contributed by atoms with van der Waals surface area (Å²) in [5.41, 5.74) is 8.12. The molecule has 4 heteroatoms. The Hall–Kier alpha value is -1.29. The number of benzene rings is 1. The molecule has 1 heterocycles. The van der Waals surface area contributed by atoms with Gasteiger partial charge in [-0.3, -0.25) is 0 Å². The number of aromatic nitrogens is 1. The van der Waals surface area contributed by atoms with Crippen molar-refractivity contribution in [3.05, 3.63) is 18.2 Å². The van der Waals surface area contributed by atoms with Crippen molar-refractivity contribution in [3.63, 3.8) is 0 Å². The van der Waals surface area contributed by atoms with Crippen LogP contribution in [0.3, 0.4) is 0 Å². The third-order valence-corrected chi connectivity index (χ3v) is 6.76. The lowest BCUT2D eigenvalue weighted by Crippen LogP contribution is -2.54. The smallest absolute Gasteiger partial charge is 0.184 e. The first kappa shape index (κ1) is 12.3. The van der Waals surface area contributed by atoms with Gasteiger partial charge in [0, 0.05) is 11.2 Å². The topological polar surface area (TPSA) is 50.9 Å². The third kappa shape index (κ3) is 1.95. The second-order valence-corrected chi connectivity index (χ2v) is 8.60. The Morgan fingerprint density at radius 2 is 1.76 bits per heavy atom. The average molecular weight is 299 g/mol. The highest BCUT2D eigenvalue weighted by Gasteiger charge is 2.51. The van der Waals surface area contributed by atoms with E-state index < -0.39 is 0 Å². The van der Waals surface area contributed by atoms with E-state index in [4.69, 9.17) is 10.7 Å². The fraction of sp³-hybridized carbons (Fsp3) is 0.588. The molecule has 0 atom stereocenters. The molecule has 0 spiro atoms. The summed E-state index contributed by atoms with van der Waals surface area (Å²) < 4.78 is 1.20. The highest BCUT2D eigenvalue weighted by Crippen LogP contribution is 2.56. The molecule has 0 amide bonds. The molecule has 0 unspecified atom stereocenters. The second kappa shape index (κ2) is 4.13. The molecule has 0 radical (unpaired) electrons. The van der Waals surface area contributed by atoms with E-state index in [1.165, 1.54) is 43.2 Å². The number of nitrogen functional groups attached to an aromatic ring is 1. The van der Waals surface area contributed by atoms with Gasteiger partial charge >= 0.3 is 0 Å². The van der Waals surface area contributed by atoms with Crippen molar-refractivity contribution in [2.45, 2.75) is 44.1 Å². The van der Waals surface area contributed by atoms with E-state index in [9.17, 15) is 0 Å². The minimum Gasteiger partial charge on any atom is -0.399 e. The van der Waals surface area contributed by atoms with E-state index in [1.807, 2.05) is 18.2 Å². The third-order valence-electron chi connectivity index (χ3n) is 5.82. The molecule has 110 valence electrons. The van der Waals surface area contributed by atoms with Crippen LogP contribution in [-0.2, 0) is 0 Å². The number of rotatable bonds is 2. The Morgan fingerprint density at radius 3 is 2.43 bits per heavy atom. The van der Waals surface area contributed by atoms with Crippen LogP contribution in [0.15, 0.2) is 18.2 Å². The molecule has 6 rings (SSSR count). The molecular formula is C17H21N3S. The summed E-state index contributed by atoms with van der Waals surface area (Å²) in [5, 5.41) is 4.96. The molecule has 4 bridgehead atoms. The zero-order valence-corrected chi connectivity index (χ0v) is 13.0. The van der Waals surface area contributed by atoms with Gasteiger partial charge in [-0.25, -0.2) is 4.98 Å². The number of hydrogen-bond donors (Lipinski definition) is 2.